The molecule has 0 aliphatic rings. The molecule has 6 heteroatoms. The highest BCUT2D eigenvalue weighted by molar-refractivity contribution is 7.80. The number of ether oxygens (including phenoxy) is 1. The third-order valence-electron chi connectivity index (χ3n) is 2.34. The van der Waals surface area contributed by atoms with E-state index >= 15 is 0 Å². The summed E-state index contributed by atoms with van der Waals surface area (Å²) in [6.07, 6.45) is 0. The largest absolute Gasteiger partial charge is 0.497 e. The molecule has 0 radical (unpaired) electrons. The third-order valence-corrected chi connectivity index (χ3v) is 2.54. The van der Waals surface area contributed by atoms with Crippen LogP contribution in [0, 0.1) is 0 Å². The highest BCUT2D eigenvalue weighted by Gasteiger charge is 2.01. The van der Waals surface area contributed by atoms with Crippen molar-refractivity contribution in [3.8, 4) is 5.75 Å². The van der Waals surface area contributed by atoms with Gasteiger partial charge in [0.15, 0.2) is 5.11 Å². The minimum absolute atomic E-state index is 0.436. The molecule has 4 N–H and O–H groups in total. The standard InChI is InChI=1S/C13H14N4OS/c1-18-10-5-2-4-9(8-10)15-13(19)17-12-7-3-6-11(14)16-12/h2-8H,1H3,(H4,14,15,16,17,19). The van der Waals surface area contributed by atoms with Gasteiger partial charge in [-0.15, -0.1) is 0 Å². The molecule has 19 heavy (non-hydrogen) atoms. The van der Waals surface area contributed by atoms with Gasteiger partial charge >= 0.3 is 0 Å². The van der Waals surface area contributed by atoms with E-state index in [1.54, 1.807) is 25.3 Å². The number of methoxy groups -OCH3 is 1. The molecule has 0 aliphatic heterocycles. The normalized spacial score (nSPS) is 9.74. The molecule has 0 aliphatic carbocycles. The van der Waals surface area contributed by atoms with Crippen LogP contribution in [-0.4, -0.2) is 17.2 Å². The Labute approximate surface area is 116 Å². The summed E-state index contributed by atoms with van der Waals surface area (Å²) in [5, 5.41) is 6.44. The number of nitrogens with two attached hydrogens (primary N) is 1. The summed E-state index contributed by atoms with van der Waals surface area (Å²) < 4.78 is 5.14. The second kappa shape index (κ2) is 6.01. The van der Waals surface area contributed by atoms with Gasteiger partial charge in [0.2, 0.25) is 0 Å². The first-order valence-electron chi connectivity index (χ1n) is 5.62. The first-order chi connectivity index (χ1) is 9.17. The van der Waals surface area contributed by atoms with Gasteiger partial charge in [0.1, 0.15) is 17.4 Å². The summed E-state index contributed by atoms with van der Waals surface area (Å²) in [4.78, 5) is 4.10. The molecule has 0 fully saturated rings. The van der Waals surface area contributed by atoms with Crippen molar-refractivity contribution < 1.29 is 4.74 Å². The quantitative estimate of drug-likeness (QED) is 0.747. The van der Waals surface area contributed by atoms with Crippen molar-refractivity contribution in [2.24, 2.45) is 0 Å². The number of thiocarbonyl (C=S) groups is 1. The maximum Gasteiger partial charge on any atom is 0.176 e. The lowest BCUT2D eigenvalue weighted by Crippen LogP contribution is -2.19. The first kappa shape index (κ1) is 13.1. The number of hydrogen-bond acceptors (Lipinski definition) is 4. The van der Waals surface area contributed by atoms with Crippen LogP contribution in [0.1, 0.15) is 0 Å². The fourth-order valence-corrected chi connectivity index (χ4v) is 1.72. The Hall–Kier alpha value is -2.34. The van der Waals surface area contributed by atoms with Gasteiger partial charge in [0, 0.05) is 11.8 Å². The van der Waals surface area contributed by atoms with E-state index in [1.807, 2.05) is 24.3 Å². The molecule has 5 nitrogen and oxygen atoms in total. The summed E-state index contributed by atoms with van der Waals surface area (Å²) >= 11 is 5.20. The van der Waals surface area contributed by atoms with Gasteiger partial charge in [-0.3, -0.25) is 0 Å². The second-order valence-electron chi connectivity index (χ2n) is 3.76. The van der Waals surface area contributed by atoms with Gasteiger partial charge in [0.05, 0.1) is 7.11 Å². The van der Waals surface area contributed by atoms with Crippen LogP contribution in [0.4, 0.5) is 17.3 Å². The molecule has 0 spiro atoms. The van der Waals surface area contributed by atoms with Crippen molar-refractivity contribution in [3.63, 3.8) is 0 Å². The smallest absolute Gasteiger partial charge is 0.176 e. The minimum Gasteiger partial charge on any atom is -0.497 e. The zero-order valence-corrected chi connectivity index (χ0v) is 11.2. The number of nitrogen functional groups attached to an aromatic ring is 1. The predicted molar refractivity (Wildman–Crippen MR) is 81.5 cm³/mol. The molecule has 98 valence electrons. The number of benzene rings is 1. The lowest BCUT2D eigenvalue weighted by molar-refractivity contribution is 0.415. The monoisotopic (exact) mass is 274 g/mol. The number of aromatic nitrogens is 1. The van der Waals surface area contributed by atoms with Gasteiger partial charge in [-0.25, -0.2) is 4.98 Å². The summed E-state index contributed by atoms with van der Waals surface area (Å²) in [7, 11) is 1.62. The molecule has 0 unspecified atom stereocenters. The van der Waals surface area contributed by atoms with Crippen LogP contribution in [0.2, 0.25) is 0 Å². The predicted octanol–water partition coefficient (Wildman–Crippen LogP) is 2.48. The number of anilines is 3. The zero-order valence-electron chi connectivity index (χ0n) is 10.4. The number of nitrogens with zero attached hydrogens (tertiary/aromatic N) is 1. The minimum atomic E-state index is 0.436. The van der Waals surface area contributed by atoms with E-state index in [9.17, 15) is 0 Å². The van der Waals surface area contributed by atoms with Crippen molar-refractivity contribution >= 4 is 34.7 Å². The van der Waals surface area contributed by atoms with E-state index in [1.165, 1.54) is 0 Å². The molecule has 0 amide bonds. The fourth-order valence-electron chi connectivity index (χ4n) is 1.50. The van der Waals surface area contributed by atoms with Gasteiger partial charge in [-0.2, -0.15) is 0 Å². The Morgan fingerprint density at radius 3 is 2.74 bits per heavy atom. The van der Waals surface area contributed by atoms with E-state index in [2.05, 4.69) is 15.6 Å². The van der Waals surface area contributed by atoms with Crippen LogP contribution in [0.5, 0.6) is 5.75 Å². The van der Waals surface area contributed by atoms with Crippen molar-refractivity contribution in [1.29, 1.82) is 0 Å². The van der Waals surface area contributed by atoms with Crippen molar-refractivity contribution in [1.82, 2.24) is 4.98 Å². The highest BCUT2D eigenvalue weighted by Crippen LogP contribution is 2.17. The molecular formula is C13H14N4OS. The van der Waals surface area contributed by atoms with Crippen molar-refractivity contribution in [2.75, 3.05) is 23.5 Å². The highest BCUT2D eigenvalue weighted by atomic mass is 32.1. The Bertz CT molecular complexity index is 588. The van der Waals surface area contributed by atoms with Crippen LogP contribution >= 0.6 is 12.2 Å². The number of hydrogen-bond donors (Lipinski definition) is 3. The molecule has 0 saturated carbocycles. The number of pyridine rings is 1. The van der Waals surface area contributed by atoms with Gasteiger partial charge in [-0.1, -0.05) is 12.1 Å². The fraction of sp³-hybridized carbons (Fsp3) is 0.0769. The van der Waals surface area contributed by atoms with Crippen LogP contribution in [-0.2, 0) is 0 Å². The summed E-state index contributed by atoms with van der Waals surface area (Å²) in [6, 6.07) is 12.8. The summed E-state index contributed by atoms with van der Waals surface area (Å²) in [5.74, 6) is 1.80. The van der Waals surface area contributed by atoms with Gasteiger partial charge in [0.25, 0.3) is 0 Å². The molecule has 2 rings (SSSR count). The maximum absolute atomic E-state index is 5.59. The van der Waals surface area contributed by atoms with Gasteiger partial charge in [-0.05, 0) is 36.5 Å². The lowest BCUT2D eigenvalue weighted by Gasteiger charge is -2.10. The van der Waals surface area contributed by atoms with E-state index in [4.69, 9.17) is 22.7 Å². The molecule has 0 atom stereocenters. The van der Waals surface area contributed by atoms with Gasteiger partial charge < -0.3 is 21.1 Å². The van der Waals surface area contributed by atoms with Crippen LogP contribution in [0.25, 0.3) is 0 Å². The molecule has 1 aromatic heterocycles. The van der Waals surface area contributed by atoms with Crippen molar-refractivity contribution in [3.05, 3.63) is 42.5 Å². The molecule has 1 aromatic carbocycles. The number of rotatable bonds is 3. The molecule has 0 bridgehead atoms. The Kier molecular flexibility index (Phi) is 4.15. The average molecular weight is 274 g/mol. The average Bonchev–Trinajstić information content (AvgIpc) is 2.38. The summed E-state index contributed by atoms with van der Waals surface area (Å²) in [5.41, 5.74) is 6.43. The molecule has 0 saturated heterocycles. The first-order valence-corrected chi connectivity index (χ1v) is 6.03. The van der Waals surface area contributed by atoms with E-state index in [0.29, 0.717) is 16.7 Å². The third kappa shape index (κ3) is 3.82. The van der Waals surface area contributed by atoms with Crippen molar-refractivity contribution in [2.45, 2.75) is 0 Å². The van der Waals surface area contributed by atoms with Crippen LogP contribution < -0.4 is 21.1 Å². The maximum atomic E-state index is 5.59. The van der Waals surface area contributed by atoms with E-state index in [-0.39, 0.29) is 0 Å². The lowest BCUT2D eigenvalue weighted by atomic mass is 10.3. The number of nitrogens with one attached hydrogen (secondary N) is 2. The molecule has 2 aromatic rings. The van der Waals surface area contributed by atoms with Crippen LogP contribution in [0.3, 0.4) is 0 Å². The van der Waals surface area contributed by atoms with Crippen LogP contribution in [0.15, 0.2) is 42.5 Å². The SMILES string of the molecule is COc1cccc(NC(=S)Nc2cccc(N)n2)c1. The topological polar surface area (TPSA) is 72.2 Å². The zero-order chi connectivity index (χ0) is 13.7. The Morgan fingerprint density at radius 1 is 1.21 bits per heavy atom. The van der Waals surface area contributed by atoms with E-state index < -0.39 is 0 Å². The van der Waals surface area contributed by atoms with E-state index in [0.717, 1.165) is 11.4 Å². The Morgan fingerprint density at radius 2 is 2.00 bits per heavy atom. The molecular weight excluding hydrogens is 260 g/mol. The Balaban J connectivity index is 2.01. The molecule has 1 heterocycles. The second-order valence-corrected chi connectivity index (χ2v) is 4.17. The summed E-state index contributed by atoms with van der Waals surface area (Å²) in [6.45, 7) is 0.